The van der Waals surface area contributed by atoms with E-state index in [1.807, 2.05) is 25.7 Å². The maximum Gasteiger partial charge on any atom is 0.320 e. The summed E-state index contributed by atoms with van der Waals surface area (Å²) in [5.41, 5.74) is -0.752. The Labute approximate surface area is 128 Å². The van der Waals surface area contributed by atoms with Crippen LogP contribution in [-0.4, -0.2) is 52.6 Å². The smallest absolute Gasteiger partial charge is 0.320 e. The van der Waals surface area contributed by atoms with E-state index in [2.05, 4.69) is 6.92 Å². The quantitative estimate of drug-likeness (QED) is 0.819. The van der Waals surface area contributed by atoms with E-state index in [0.717, 1.165) is 19.3 Å². The number of likely N-dealkylation sites (tertiary alicyclic amines) is 1. The lowest BCUT2D eigenvalue weighted by Crippen LogP contribution is -2.55. The van der Waals surface area contributed by atoms with Gasteiger partial charge in [0.25, 0.3) is 0 Å². The zero-order valence-corrected chi connectivity index (χ0v) is 13.9. The summed E-state index contributed by atoms with van der Waals surface area (Å²) in [5.74, 6) is -0.756. The Kier molecular flexibility index (Phi) is 6.49. The molecule has 5 heteroatoms. The van der Waals surface area contributed by atoms with E-state index in [1.165, 1.54) is 0 Å². The number of hydrogen-bond acceptors (Lipinski definition) is 2. The van der Waals surface area contributed by atoms with Gasteiger partial charge < -0.3 is 14.9 Å². The van der Waals surface area contributed by atoms with Crippen molar-refractivity contribution in [3.05, 3.63) is 0 Å². The zero-order valence-electron chi connectivity index (χ0n) is 13.9. The van der Waals surface area contributed by atoms with Crippen molar-refractivity contribution in [3.8, 4) is 0 Å². The summed E-state index contributed by atoms with van der Waals surface area (Å²) < 4.78 is 0. The Morgan fingerprint density at radius 3 is 2.48 bits per heavy atom. The molecule has 5 nitrogen and oxygen atoms in total. The first-order chi connectivity index (χ1) is 9.91. The van der Waals surface area contributed by atoms with Crippen molar-refractivity contribution in [1.29, 1.82) is 0 Å². The van der Waals surface area contributed by atoms with Gasteiger partial charge in [-0.05, 0) is 39.5 Å². The van der Waals surface area contributed by atoms with Crippen LogP contribution in [0.15, 0.2) is 0 Å². The third-order valence-corrected chi connectivity index (χ3v) is 4.74. The minimum absolute atomic E-state index is 0.00622. The molecule has 1 rings (SSSR count). The largest absolute Gasteiger partial charge is 0.481 e. The lowest BCUT2D eigenvalue weighted by atomic mass is 9.76. The standard InChI is InChI=1S/C16H30N2O3/c1-5-9-16(14(19)20)10-8-11-17(12-16)15(21)18(7-3)13(4)6-2/h13H,5-12H2,1-4H3,(H,19,20). The molecule has 0 aromatic heterocycles. The van der Waals surface area contributed by atoms with E-state index < -0.39 is 11.4 Å². The number of carbonyl (C=O) groups is 2. The highest BCUT2D eigenvalue weighted by molar-refractivity contribution is 5.79. The summed E-state index contributed by atoms with van der Waals surface area (Å²) in [7, 11) is 0. The molecule has 21 heavy (non-hydrogen) atoms. The van der Waals surface area contributed by atoms with Crippen molar-refractivity contribution in [2.45, 2.75) is 65.8 Å². The summed E-state index contributed by atoms with van der Waals surface area (Å²) in [6.07, 6.45) is 3.83. The molecule has 122 valence electrons. The molecular formula is C16H30N2O3. The first-order valence-electron chi connectivity index (χ1n) is 8.20. The molecule has 2 amide bonds. The number of nitrogens with zero attached hydrogens (tertiary/aromatic N) is 2. The second kappa shape index (κ2) is 7.66. The molecule has 0 aliphatic carbocycles. The van der Waals surface area contributed by atoms with Crippen LogP contribution in [0.3, 0.4) is 0 Å². The van der Waals surface area contributed by atoms with Gasteiger partial charge in [-0.2, -0.15) is 0 Å². The first kappa shape index (κ1) is 17.8. The third kappa shape index (κ3) is 3.89. The monoisotopic (exact) mass is 298 g/mol. The van der Waals surface area contributed by atoms with E-state index in [1.54, 1.807) is 4.90 Å². The van der Waals surface area contributed by atoms with Crippen LogP contribution in [0.4, 0.5) is 4.79 Å². The normalized spacial score (nSPS) is 23.7. The summed E-state index contributed by atoms with van der Waals surface area (Å²) in [4.78, 5) is 28.0. The van der Waals surface area contributed by atoms with Crippen LogP contribution in [0.25, 0.3) is 0 Å². The number of hydrogen-bond donors (Lipinski definition) is 1. The molecule has 0 radical (unpaired) electrons. The van der Waals surface area contributed by atoms with Crippen molar-refractivity contribution >= 4 is 12.0 Å². The van der Waals surface area contributed by atoms with Gasteiger partial charge in [0.1, 0.15) is 0 Å². The predicted octanol–water partition coefficient (Wildman–Crippen LogP) is 3.19. The molecule has 1 aliphatic heterocycles. The number of carboxylic acid groups (broad SMARTS) is 1. The second-order valence-corrected chi connectivity index (χ2v) is 6.19. The predicted molar refractivity (Wildman–Crippen MR) is 83.3 cm³/mol. The number of aliphatic carboxylic acids is 1. The van der Waals surface area contributed by atoms with E-state index in [-0.39, 0.29) is 12.1 Å². The van der Waals surface area contributed by atoms with Crippen molar-refractivity contribution in [2.24, 2.45) is 5.41 Å². The van der Waals surface area contributed by atoms with Crippen LogP contribution in [0.5, 0.6) is 0 Å². The fourth-order valence-corrected chi connectivity index (χ4v) is 3.30. The van der Waals surface area contributed by atoms with Crippen LogP contribution in [0.2, 0.25) is 0 Å². The Balaban J connectivity index is 2.88. The molecule has 0 saturated carbocycles. The topological polar surface area (TPSA) is 60.9 Å². The van der Waals surface area contributed by atoms with Crippen LogP contribution < -0.4 is 0 Å². The third-order valence-electron chi connectivity index (χ3n) is 4.74. The number of piperidine rings is 1. The Morgan fingerprint density at radius 1 is 1.33 bits per heavy atom. The molecular weight excluding hydrogens is 268 g/mol. The van der Waals surface area contributed by atoms with Gasteiger partial charge in [-0.25, -0.2) is 4.79 Å². The average Bonchev–Trinajstić information content (AvgIpc) is 2.48. The van der Waals surface area contributed by atoms with Gasteiger partial charge in [-0.1, -0.05) is 20.3 Å². The Bertz CT molecular complexity index is 369. The van der Waals surface area contributed by atoms with Gasteiger partial charge in [0, 0.05) is 25.7 Å². The van der Waals surface area contributed by atoms with Crippen LogP contribution in [0, 0.1) is 5.41 Å². The molecule has 2 unspecified atom stereocenters. The molecule has 0 aromatic carbocycles. The number of urea groups is 1. The molecule has 1 N–H and O–H groups in total. The number of carbonyl (C=O) groups excluding carboxylic acids is 1. The molecule has 1 saturated heterocycles. The van der Waals surface area contributed by atoms with Crippen molar-refractivity contribution in [2.75, 3.05) is 19.6 Å². The first-order valence-corrected chi connectivity index (χ1v) is 8.20. The van der Waals surface area contributed by atoms with Gasteiger partial charge in [-0.3, -0.25) is 4.79 Å². The molecule has 0 aromatic rings. The van der Waals surface area contributed by atoms with E-state index in [0.29, 0.717) is 32.5 Å². The maximum absolute atomic E-state index is 12.7. The Hall–Kier alpha value is -1.26. The highest BCUT2D eigenvalue weighted by atomic mass is 16.4. The summed E-state index contributed by atoms with van der Waals surface area (Å²) in [6, 6.07) is 0.183. The number of carboxylic acids is 1. The fourth-order valence-electron chi connectivity index (χ4n) is 3.30. The molecule has 0 bridgehead atoms. The highest BCUT2D eigenvalue weighted by Gasteiger charge is 2.43. The van der Waals surface area contributed by atoms with Crippen molar-refractivity contribution < 1.29 is 14.7 Å². The molecule has 2 atom stereocenters. The maximum atomic E-state index is 12.7. The van der Waals surface area contributed by atoms with Crippen LogP contribution in [-0.2, 0) is 4.79 Å². The van der Waals surface area contributed by atoms with Gasteiger partial charge in [0.15, 0.2) is 0 Å². The molecule has 1 fully saturated rings. The lowest BCUT2D eigenvalue weighted by molar-refractivity contribution is -0.152. The molecule has 1 heterocycles. The second-order valence-electron chi connectivity index (χ2n) is 6.19. The summed E-state index contributed by atoms with van der Waals surface area (Å²) in [5, 5.41) is 9.62. The van der Waals surface area contributed by atoms with Crippen LogP contribution in [0.1, 0.15) is 59.8 Å². The lowest BCUT2D eigenvalue weighted by Gasteiger charge is -2.42. The van der Waals surface area contributed by atoms with Gasteiger partial charge in [0.05, 0.1) is 5.41 Å². The Morgan fingerprint density at radius 2 is 2.00 bits per heavy atom. The van der Waals surface area contributed by atoms with Crippen molar-refractivity contribution in [1.82, 2.24) is 9.80 Å². The highest BCUT2D eigenvalue weighted by Crippen LogP contribution is 2.35. The molecule has 0 spiro atoms. The summed E-state index contributed by atoms with van der Waals surface area (Å²) in [6.45, 7) is 9.77. The van der Waals surface area contributed by atoms with E-state index >= 15 is 0 Å². The summed E-state index contributed by atoms with van der Waals surface area (Å²) >= 11 is 0. The fraction of sp³-hybridized carbons (Fsp3) is 0.875. The van der Waals surface area contributed by atoms with E-state index in [9.17, 15) is 14.7 Å². The van der Waals surface area contributed by atoms with Gasteiger partial charge in [0.2, 0.25) is 0 Å². The SMILES string of the molecule is CCCC1(C(=O)O)CCCN(C(=O)N(CC)C(C)CC)C1. The average molecular weight is 298 g/mol. The minimum atomic E-state index is -0.756. The number of rotatable bonds is 6. The zero-order chi connectivity index (χ0) is 16.0. The number of amides is 2. The van der Waals surface area contributed by atoms with E-state index in [4.69, 9.17) is 0 Å². The van der Waals surface area contributed by atoms with Crippen molar-refractivity contribution in [3.63, 3.8) is 0 Å². The van der Waals surface area contributed by atoms with Crippen LogP contribution >= 0.6 is 0 Å². The van der Waals surface area contributed by atoms with Gasteiger partial charge in [-0.15, -0.1) is 0 Å². The molecule has 1 aliphatic rings. The minimum Gasteiger partial charge on any atom is -0.481 e. The van der Waals surface area contributed by atoms with Gasteiger partial charge >= 0.3 is 12.0 Å².